The van der Waals surface area contributed by atoms with Gasteiger partial charge in [0, 0.05) is 45.7 Å². The average molecular weight is 293 g/mol. The molecule has 0 atom stereocenters. The van der Waals surface area contributed by atoms with E-state index in [1.807, 2.05) is 0 Å². The van der Waals surface area contributed by atoms with E-state index in [1.54, 1.807) is 12.3 Å². The van der Waals surface area contributed by atoms with Crippen LogP contribution in [0.5, 0.6) is 5.75 Å². The zero-order valence-corrected chi connectivity index (χ0v) is 12.6. The van der Waals surface area contributed by atoms with Crippen LogP contribution in [0.15, 0.2) is 12.3 Å². The minimum absolute atomic E-state index is 0.175. The molecule has 116 valence electrons. The van der Waals surface area contributed by atoms with Gasteiger partial charge in [-0.3, -0.25) is 9.69 Å². The Kier molecular flexibility index (Phi) is 5.35. The summed E-state index contributed by atoms with van der Waals surface area (Å²) in [5.41, 5.74) is 6.38. The summed E-state index contributed by atoms with van der Waals surface area (Å²) in [7, 11) is 2.14. The van der Waals surface area contributed by atoms with E-state index in [2.05, 4.69) is 27.1 Å². The summed E-state index contributed by atoms with van der Waals surface area (Å²) in [4.78, 5) is 19.7. The van der Waals surface area contributed by atoms with E-state index in [1.165, 1.54) is 6.92 Å². The van der Waals surface area contributed by atoms with Gasteiger partial charge in [0.15, 0.2) is 5.75 Å². The Morgan fingerprint density at radius 2 is 2.14 bits per heavy atom. The molecule has 3 N–H and O–H groups in total. The molecule has 1 saturated heterocycles. The molecule has 2 rings (SSSR count). The molecule has 1 amide bonds. The van der Waals surface area contributed by atoms with E-state index >= 15 is 0 Å². The molecule has 1 aromatic rings. The molecule has 0 saturated carbocycles. The average Bonchev–Trinajstić information content (AvgIpc) is 2.43. The third-order valence-corrected chi connectivity index (χ3v) is 3.46. The maximum Gasteiger partial charge on any atom is 0.222 e. The normalized spacial score (nSPS) is 16.7. The van der Waals surface area contributed by atoms with Crippen LogP contribution >= 0.6 is 0 Å². The third-order valence-electron chi connectivity index (χ3n) is 3.46. The highest BCUT2D eigenvalue weighted by Crippen LogP contribution is 2.22. The van der Waals surface area contributed by atoms with Crippen LogP contribution in [-0.2, 0) is 4.79 Å². The van der Waals surface area contributed by atoms with Crippen molar-refractivity contribution in [1.29, 1.82) is 0 Å². The van der Waals surface area contributed by atoms with Gasteiger partial charge in [0.25, 0.3) is 0 Å². The van der Waals surface area contributed by atoms with Gasteiger partial charge in [-0.15, -0.1) is 0 Å². The number of nitrogens with zero attached hydrogens (tertiary/aromatic N) is 3. The van der Waals surface area contributed by atoms with E-state index in [0.29, 0.717) is 23.9 Å². The standard InChI is InChI=1S/C14H23N5O2/c1-11(20)17-14-9-12(15)13(10-16-14)21-8-7-19-5-3-18(2)4-6-19/h9-10H,3-8H2,1-2H3,(H3,15,16,17,20). The number of piperazine rings is 1. The number of nitrogens with one attached hydrogen (secondary N) is 1. The zero-order chi connectivity index (χ0) is 15.2. The smallest absolute Gasteiger partial charge is 0.222 e. The molecule has 0 aliphatic carbocycles. The summed E-state index contributed by atoms with van der Waals surface area (Å²) >= 11 is 0. The van der Waals surface area contributed by atoms with Gasteiger partial charge in [0.2, 0.25) is 5.91 Å². The fraction of sp³-hybridized carbons (Fsp3) is 0.571. The van der Waals surface area contributed by atoms with Crippen molar-refractivity contribution >= 4 is 17.4 Å². The van der Waals surface area contributed by atoms with Crippen molar-refractivity contribution in [2.24, 2.45) is 0 Å². The Bertz CT molecular complexity index is 486. The summed E-state index contributed by atoms with van der Waals surface area (Å²) < 4.78 is 5.67. The van der Waals surface area contributed by atoms with Crippen LogP contribution < -0.4 is 15.8 Å². The van der Waals surface area contributed by atoms with Gasteiger partial charge >= 0.3 is 0 Å². The monoisotopic (exact) mass is 293 g/mol. The fourth-order valence-corrected chi connectivity index (χ4v) is 2.18. The van der Waals surface area contributed by atoms with Crippen LogP contribution in [0.1, 0.15) is 6.92 Å². The zero-order valence-electron chi connectivity index (χ0n) is 12.6. The number of carbonyl (C=O) groups is 1. The van der Waals surface area contributed by atoms with Crippen LogP contribution in [0, 0.1) is 0 Å². The molecule has 1 aliphatic rings. The van der Waals surface area contributed by atoms with Crippen molar-refractivity contribution in [2.45, 2.75) is 6.92 Å². The lowest BCUT2D eigenvalue weighted by atomic mass is 10.3. The quantitative estimate of drug-likeness (QED) is 0.809. The first-order valence-electron chi connectivity index (χ1n) is 7.11. The number of nitrogens with two attached hydrogens (primary N) is 1. The Morgan fingerprint density at radius 1 is 1.43 bits per heavy atom. The van der Waals surface area contributed by atoms with Gasteiger partial charge in [-0.1, -0.05) is 0 Å². The SMILES string of the molecule is CC(=O)Nc1cc(N)c(OCCN2CCN(C)CC2)cn1. The molecule has 1 fully saturated rings. The maximum absolute atomic E-state index is 10.9. The summed E-state index contributed by atoms with van der Waals surface area (Å²) in [5, 5.41) is 2.59. The molecule has 0 unspecified atom stereocenters. The molecule has 7 heteroatoms. The summed E-state index contributed by atoms with van der Waals surface area (Å²) in [6.07, 6.45) is 1.55. The Balaban J connectivity index is 1.79. The molecule has 0 aromatic carbocycles. The highest BCUT2D eigenvalue weighted by atomic mass is 16.5. The lowest BCUT2D eigenvalue weighted by Gasteiger charge is -2.32. The Morgan fingerprint density at radius 3 is 2.76 bits per heavy atom. The molecule has 0 spiro atoms. The van der Waals surface area contributed by atoms with Crippen LogP contribution in [0.3, 0.4) is 0 Å². The van der Waals surface area contributed by atoms with Crippen molar-refractivity contribution in [3.8, 4) is 5.75 Å². The Hall–Kier alpha value is -1.86. The second-order valence-electron chi connectivity index (χ2n) is 5.28. The summed E-state index contributed by atoms with van der Waals surface area (Å²) in [6, 6.07) is 1.60. The number of hydrogen-bond acceptors (Lipinski definition) is 6. The number of hydrogen-bond donors (Lipinski definition) is 2. The molecule has 1 aliphatic heterocycles. The van der Waals surface area contributed by atoms with Gasteiger partial charge in [-0.25, -0.2) is 4.98 Å². The van der Waals surface area contributed by atoms with Crippen LogP contribution in [0.2, 0.25) is 0 Å². The molecule has 7 nitrogen and oxygen atoms in total. The van der Waals surface area contributed by atoms with Crippen LogP contribution in [-0.4, -0.2) is 67.1 Å². The molecular formula is C14H23N5O2. The molecule has 0 bridgehead atoms. The highest BCUT2D eigenvalue weighted by molar-refractivity contribution is 5.88. The van der Waals surface area contributed by atoms with Crippen molar-refractivity contribution in [2.75, 3.05) is 57.4 Å². The van der Waals surface area contributed by atoms with E-state index in [0.717, 1.165) is 32.7 Å². The van der Waals surface area contributed by atoms with E-state index in [9.17, 15) is 4.79 Å². The number of aromatic nitrogens is 1. The number of nitrogen functional groups attached to an aromatic ring is 1. The number of amides is 1. The van der Waals surface area contributed by atoms with Gasteiger partial charge in [0.1, 0.15) is 12.4 Å². The first kappa shape index (κ1) is 15.5. The van der Waals surface area contributed by atoms with Crippen molar-refractivity contribution in [3.05, 3.63) is 12.3 Å². The number of anilines is 2. The maximum atomic E-state index is 10.9. The topological polar surface area (TPSA) is 83.7 Å². The van der Waals surface area contributed by atoms with Crippen LogP contribution in [0.25, 0.3) is 0 Å². The van der Waals surface area contributed by atoms with Gasteiger partial charge in [0.05, 0.1) is 11.9 Å². The number of pyridine rings is 1. The van der Waals surface area contributed by atoms with Crippen molar-refractivity contribution in [3.63, 3.8) is 0 Å². The second kappa shape index (κ2) is 7.24. The van der Waals surface area contributed by atoms with Gasteiger partial charge in [-0.05, 0) is 7.05 Å². The van der Waals surface area contributed by atoms with Crippen molar-refractivity contribution in [1.82, 2.24) is 14.8 Å². The number of ether oxygens (including phenoxy) is 1. The molecule has 1 aromatic heterocycles. The third kappa shape index (κ3) is 4.87. The fourth-order valence-electron chi connectivity index (χ4n) is 2.18. The first-order chi connectivity index (χ1) is 10.0. The van der Waals surface area contributed by atoms with Crippen molar-refractivity contribution < 1.29 is 9.53 Å². The number of rotatable bonds is 5. The molecule has 0 radical (unpaired) electrons. The minimum Gasteiger partial charge on any atom is -0.488 e. The lowest BCUT2D eigenvalue weighted by Crippen LogP contribution is -2.45. The minimum atomic E-state index is -0.175. The van der Waals surface area contributed by atoms with Crippen LogP contribution in [0.4, 0.5) is 11.5 Å². The predicted octanol–water partition coefficient (Wildman–Crippen LogP) is 0.248. The van der Waals surface area contributed by atoms with Gasteiger partial charge < -0.3 is 20.7 Å². The van der Waals surface area contributed by atoms with Gasteiger partial charge in [-0.2, -0.15) is 0 Å². The predicted molar refractivity (Wildman–Crippen MR) is 82.4 cm³/mol. The van der Waals surface area contributed by atoms with E-state index in [-0.39, 0.29) is 5.91 Å². The van der Waals surface area contributed by atoms with E-state index < -0.39 is 0 Å². The lowest BCUT2D eigenvalue weighted by molar-refractivity contribution is -0.114. The summed E-state index contributed by atoms with van der Waals surface area (Å²) in [6.45, 7) is 7.20. The highest BCUT2D eigenvalue weighted by Gasteiger charge is 2.13. The molecular weight excluding hydrogens is 270 g/mol. The van der Waals surface area contributed by atoms with E-state index in [4.69, 9.17) is 10.5 Å². The largest absolute Gasteiger partial charge is 0.488 e. The number of likely N-dealkylation sites (N-methyl/N-ethyl adjacent to an activating group) is 1. The molecule has 2 heterocycles. The second-order valence-corrected chi connectivity index (χ2v) is 5.28. The number of carbonyl (C=O) groups excluding carboxylic acids is 1. The summed E-state index contributed by atoms with van der Waals surface area (Å²) in [5.74, 6) is 0.815. The Labute approximate surface area is 125 Å². The molecule has 21 heavy (non-hydrogen) atoms. The first-order valence-corrected chi connectivity index (χ1v) is 7.11.